The molecule has 2 heterocycles. The third-order valence-corrected chi connectivity index (χ3v) is 4.38. The summed E-state index contributed by atoms with van der Waals surface area (Å²) < 4.78 is 7.13. The number of rotatable bonds is 4. The summed E-state index contributed by atoms with van der Waals surface area (Å²) in [6.07, 6.45) is 1.63. The number of nitro benzene ring substituents is 1. The zero-order valence-corrected chi connectivity index (χ0v) is 14.9. The topological polar surface area (TPSA) is 115 Å². The number of carbonyl (C=O) groups is 1. The summed E-state index contributed by atoms with van der Waals surface area (Å²) >= 11 is 0. The van der Waals surface area contributed by atoms with Crippen molar-refractivity contribution in [2.75, 3.05) is 0 Å². The molecule has 1 amide bonds. The Morgan fingerprint density at radius 3 is 2.59 bits per heavy atom. The van der Waals surface area contributed by atoms with Crippen LogP contribution in [0, 0.1) is 17.0 Å². The van der Waals surface area contributed by atoms with Crippen LogP contribution < -0.4 is 10.3 Å². The van der Waals surface area contributed by atoms with Gasteiger partial charge in [-0.2, -0.15) is 5.06 Å². The minimum atomic E-state index is -1.20. The number of hydroxylamine groups is 2. The molecule has 0 fully saturated rings. The van der Waals surface area contributed by atoms with E-state index in [4.69, 9.17) is 4.74 Å². The van der Waals surface area contributed by atoms with E-state index in [0.29, 0.717) is 10.8 Å². The average Bonchev–Trinajstić information content (AvgIpc) is 2.59. The number of nitro groups is 1. The molecule has 2 aromatic rings. The van der Waals surface area contributed by atoms with E-state index < -0.39 is 16.1 Å². The summed E-state index contributed by atoms with van der Waals surface area (Å²) in [5, 5.41) is 21.9. The van der Waals surface area contributed by atoms with Gasteiger partial charge in [-0.15, -0.1) is 0 Å². The largest absolute Gasteiger partial charge is 0.481 e. The lowest BCUT2D eigenvalue weighted by atomic mass is 9.91. The highest BCUT2D eigenvalue weighted by atomic mass is 16.6. The van der Waals surface area contributed by atoms with E-state index in [-0.39, 0.29) is 34.6 Å². The second kappa shape index (κ2) is 6.36. The molecular formula is C18H17N3O6. The molecule has 0 radical (unpaired) electrons. The molecule has 3 rings (SSSR count). The number of nitrogens with zero attached hydrogens (tertiary/aromatic N) is 3. The molecule has 0 atom stereocenters. The molecule has 0 saturated heterocycles. The Labute approximate surface area is 153 Å². The Morgan fingerprint density at radius 2 is 2.00 bits per heavy atom. The van der Waals surface area contributed by atoms with Gasteiger partial charge in [0.15, 0.2) is 0 Å². The number of ether oxygens (including phenoxy) is 1. The molecule has 1 N–H and O–H groups in total. The van der Waals surface area contributed by atoms with Crippen LogP contribution in [-0.4, -0.2) is 31.8 Å². The molecule has 0 unspecified atom stereocenters. The number of benzene rings is 1. The molecule has 1 aliphatic rings. The summed E-state index contributed by atoms with van der Waals surface area (Å²) in [6, 6.07) is 7.21. The minimum Gasteiger partial charge on any atom is -0.481 e. The van der Waals surface area contributed by atoms with Crippen molar-refractivity contribution in [3.8, 4) is 5.75 Å². The highest BCUT2D eigenvalue weighted by molar-refractivity contribution is 5.81. The third kappa shape index (κ3) is 2.87. The van der Waals surface area contributed by atoms with Crippen LogP contribution in [0.5, 0.6) is 5.75 Å². The smallest absolute Gasteiger partial charge is 0.273 e. The number of aromatic nitrogens is 1. The van der Waals surface area contributed by atoms with Crippen LogP contribution in [0.2, 0.25) is 0 Å². The maximum atomic E-state index is 12.5. The SMILES string of the molecule is Cc1c([N+](=O)[O-])ccc2c1C(n1ccccc1=O)=C(N(O)C=O)C(C)(C)O2. The van der Waals surface area contributed by atoms with Crippen molar-refractivity contribution in [2.45, 2.75) is 26.4 Å². The van der Waals surface area contributed by atoms with Gasteiger partial charge >= 0.3 is 0 Å². The fourth-order valence-electron chi connectivity index (χ4n) is 3.26. The van der Waals surface area contributed by atoms with E-state index in [1.54, 1.807) is 26.0 Å². The number of amides is 1. The first-order valence-electron chi connectivity index (χ1n) is 8.02. The Hall–Kier alpha value is -3.46. The van der Waals surface area contributed by atoms with Gasteiger partial charge in [0.25, 0.3) is 11.2 Å². The molecule has 1 aromatic carbocycles. The fraction of sp³-hybridized carbons (Fsp3) is 0.222. The molecule has 0 saturated carbocycles. The monoisotopic (exact) mass is 371 g/mol. The second-order valence-electron chi connectivity index (χ2n) is 6.51. The summed E-state index contributed by atoms with van der Waals surface area (Å²) in [6.45, 7) is 4.75. The average molecular weight is 371 g/mol. The van der Waals surface area contributed by atoms with Gasteiger partial charge in [-0.25, -0.2) is 0 Å². The first kappa shape index (κ1) is 18.3. The number of hydrogen-bond donors (Lipinski definition) is 1. The molecule has 1 aromatic heterocycles. The number of fused-ring (bicyclic) bond motifs is 1. The predicted molar refractivity (Wildman–Crippen MR) is 95.2 cm³/mol. The fourth-order valence-corrected chi connectivity index (χ4v) is 3.26. The van der Waals surface area contributed by atoms with E-state index in [9.17, 15) is 24.9 Å². The van der Waals surface area contributed by atoms with E-state index in [2.05, 4.69) is 0 Å². The molecule has 0 spiro atoms. The zero-order valence-electron chi connectivity index (χ0n) is 14.9. The van der Waals surface area contributed by atoms with Gasteiger partial charge in [-0.3, -0.25) is 29.5 Å². The molecule has 9 nitrogen and oxygen atoms in total. The summed E-state index contributed by atoms with van der Waals surface area (Å²) in [5.74, 6) is 0.303. The second-order valence-corrected chi connectivity index (χ2v) is 6.51. The molecule has 0 bridgehead atoms. The summed E-state index contributed by atoms with van der Waals surface area (Å²) in [5.41, 5.74) is -1.17. The highest BCUT2D eigenvalue weighted by Gasteiger charge is 2.41. The maximum Gasteiger partial charge on any atom is 0.273 e. The number of hydrogen-bond acceptors (Lipinski definition) is 6. The van der Waals surface area contributed by atoms with Gasteiger partial charge in [0.2, 0.25) is 6.41 Å². The van der Waals surface area contributed by atoms with Crippen LogP contribution in [0.25, 0.3) is 5.70 Å². The van der Waals surface area contributed by atoms with Crippen molar-refractivity contribution in [3.63, 3.8) is 0 Å². The van der Waals surface area contributed by atoms with Gasteiger partial charge in [-0.05, 0) is 32.9 Å². The van der Waals surface area contributed by atoms with Gasteiger partial charge in [0.1, 0.15) is 17.0 Å². The van der Waals surface area contributed by atoms with E-state index in [0.717, 1.165) is 0 Å². The van der Waals surface area contributed by atoms with Crippen molar-refractivity contribution in [1.29, 1.82) is 0 Å². The van der Waals surface area contributed by atoms with E-state index in [1.165, 1.54) is 35.9 Å². The lowest BCUT2D eigenvalue weighted by molar-refractivity contribution is -0.385. The summed E-state index contributed by atoms with van der Waals surface area (Å²) in [7, 11) is 0. The van der Waals surface area contributed by atoms with Crippen LogP contribution in [-0.2, 0) is 4.79 Å². The van der Waals surface area contributed by atoms with Crippen molar-refractivity contribution in [2.24, 2.45) is 0 Å². The maximum absolute atomic E-state index is 12.5. The van der Waals surface area contributed by atoms with Crippen molar-refractivity contribution in [3.05, 3.63) is 73.8 Å². The molecule has 0 aliphatic carbocycles. The lowest BCUT2D eigenvalue weighted by Gasteiger charge is -2.38. The highest BCUT2D eigenvalue weighted by Crippen LogP contribution is 2.45. The number of carbonyl (C=O) groups excluding carboxylic acids is 1. The first-order chi connectivity index (χ1) is 12.7. The zero-order chi connectivity index (χ0) is 19.9. The van der Waals surface area contributed by atoms with Crippen LogP contribution in [0.15, 0.2) is 47.0 Å². The Kier molecular flexibility index (Phi) is 4.32. The van der Waals surface area contributed by atoms with E-state index >= 15 is 0 Å². The van der Waals surface area contributed by atoms with Crippen molar-refractivity contribution in [1.82, 2.24) is 9.63 Å². The normalized spacial score (nSPS) is 15.0. The van der Waals surface area contributed by atoms with Crippen molar-refractivity contribution < 1.29 is 19.7 Å². The van der Waals surface area contributed by atoms with Crippen LogP contribution in [0.1, 0.15) is 25.0 Å². The molecule has 140 valence electrons. The van der Waals surface area contributed by atoms with Crippen LogP contribution in [0.4, 0.5) is 5.69 Å². The van der Waals surface area contributed by atoms with E-state index in [1.807, 2.05) is 0 Å². The van der Waals surface area contributed by atoms with Crippen LogP contribution >= 0.6 is 0 Å². The Morgan fingerprint density at radius 1 is 1.30 bits per heavy atom. The Balaban J connectivity index is 2.52. The standard InChI is InChI=1S/C18H17N3O6/c1-11-12(21(25)26)7-8-13-15(11)16(19-9-5-4-6-14(19)23)17(20(24)10-22)18(2,3)27-13/h4-10,24H,1-3H3. The van der Waals surface area contributed by atoms with Gasteiger partial charge in [0, 0.05) is 23.9 Å². The Bertz CT molecular complexity index is 1040. The molecule has 27 heavy (non-hydrogen) atoms. The van der Waals surface area contributed by atoms with Gasteiger partial charge in [-0.1, -0.05) is 6.07 Å². The predicted octanol–water partition coefficient (Wildman–Crippen LogP) is 2.30. The lowest BCUT2D eigenvalue weighted by Crippen LogP contribution is -2.44. The van der Waals surface area contributed by atoms with Gasteiger partial charge < -0.3 is 4.74 Å². The minimum absolute atomic E-state index is 0.0121. The van der Waals surface area contributed by atoms with Gasteiger partial charge in [0.05, 0.1) is 16.2 Å². The summed E-state index contributed by atoms with van der Waals surface area (Å²) in [4.78, 5) is 34.6. The quantitative estimate of drug-likeness (QED) is 0.382. The molecule has 1 aliphatic heterocycles. The molecule has 9 heteroatoms. The van der Waals surface area contributed by atoms with Crippen molar-refractivity contribution >= 4 is 17.8 Å². The first-order valence-corrected chi connectivity index (χ1v) is 8.02. The third-order valence-electron chi connectivity index (χ3n) is 4.38. The number of pyridine rings is 1. The molecular weight excluding hydrogens is 354 g/mol. The van der Waals surface area contributed by atoms with Crippen LogP contribution in [0.3, 0.4) is 0 Å².